The molecular formula is C26H36O10S2. The summed E-state index contributed by atoms with van der Waals surface area (Å²) in [4.78, 5) is 26.0. The molecule has 0 radical (unpaired) electrons. The highest BCUT2D eigenvalue weighted by molar-refractivity contribution is 7.86. The molecule has 0 aromatic rings. The molecule has 7 rings (SSSR count). The van der Waals surface area contributed by atoms with Gasteiger partial charge in [-0.05, 0) is 104 Å². The Morgan fingerprint density at radius 2 is 1.74 bits per heavy atom. The fraction of sp³-hybridized carbons (Fsp3) is 0.923. The van der Waals surface area contributed by atoms with Crippen molar-refractivity contribution in [1.82, 2.24) is 0 Å². The summed E-state index contributed by atoms with van der Waals surface area (Å²) in [6.07, 6.45) is 7.12. The summed E-state index contributed by atoms with van der Waals surface area (Å²) < 4.78 is 73.9. The first-order valence-electron chi connectivity index (χ1n) is 14.2. The van der Waals surface area contributed by atoms with Crippen molar-refractivity contribution in [2.75, 3.05) is 18.1 Å². The summed E-state index contributed by atoms with van der Waals surface area (Å²) >= 11 is 0. The van der Waals surface area contributed by atoms with Gasteiger partial charge in [-0.25, -0.2) is 0 Å². The highest BCUT2D eigenvalue weighted by Gasteiger charge is 2.78. The maximum absolute atomic E-state index is 13.2. The first-order valence-corrected chi connectivity index (χ1v) is 17.4. The zero-order valence-corrected chi connectivity index (χ0v) is 22.8. The van der Waals surface area contributed by atoms with Gasteiger partial charge in [0.2, 0.25) is 0 Å². The molecule has 12 heteroatoms. The molecule has 1 saturated heterocycles. The second-order valence-corrected chi connectivity index (χ2v) is 16.6. The summed E-state index contributed by atoms with van der Waals surface area (Å²) in [7, 11) is -8.18. The molecule has 13 atom stereocenters. The first-order chi connectivity index (χ1) is 17.9. The number of carbonyl (C=O) groups is 2. The quantitative estimate of drug-likeness (QED) is 0.238. The van der Waals surface area contributed by atoms with Crippen LogP contribution in [0.2, 0.25) is 0 Å². The molecular weight excluding hydrogens is 536 g/mol. The smallest absolute Gasteiger partial charge is 0.313 e. The Morgan fingerprint density at radius 1 is 0.974 bits per heavy atom. The van der Waals surface area contributed by atoms with E-state index in [-0.39, 0.29) is 40.8 Å². The van der Waals surface area contributed by atoms with Gasteiger partial charge in [-0.3, -0.25) is 18.7 Å². The summed E-state index contributed by atoms with van der Waals surface area (Å²) in [5.41, 5.74) is 0.0912. The lowest BCUT2D eigenvalue weighted by atomic mass is 9.56. The van der Waals surface area contributed by atoms with E-state index in [1.54, 1.807) is 0 Å². The van der Waals surface area contributed by atoms with Crippen LogP contribution in [0.25, 0.3) is 0 Å². The van der Waals surface area contributed by atoms with Crippen LogP contribution in [-0.2, 0) is 39.3 Å². The van der Waals surface area contributed by atoms with Crippen molar-refractivity contribution in [3.63, 3.8) is 0 Å². The minimum absolute atomic E-state index is 0.00816. The lowest BCUT2D eigenvalue weighted by Gasteiger charge is -2.48. The Bertz CT molecular complexity index is 1260. The molecule has 1 aliphatic heterocycles. The zero-order chi connectivity index (χ0) is 26.8. The van der Waals surface area contributed by atoms with Gasteiger partial charge in [0, 0.05) is 5.92 Å². The number of carbonyl (C=O) groups excluding carboxylic acids is 2. The molecule has 2 N–H and O–H groups in total. The van der Waals surface area contributed by atoms with E-state index < -0.39 is 50.6 Å². The minimum atomic E-state index is -4.24. The van der Waals surface area contributed by atoms with E-state index in [2.05, 4.69) is 0 Å². The molecule has 6 aliphatic carbocycles. The Balaban J connectivity index is 1.12. The summed E-state index contributed by atoms with van der Waals surface area (Å²) in [6.45, 7) is -0.416. The maximum Gasteiger partial charge on any atom is 0.313 e. The first kappa shape index (κ1) is 25.7. The van der Waals surface area contributed by atoms with Crippen molar-refractivity contribution < 1.29 is 45.0 Å². The fourth-order valence-corrected chi connectivity index (χ4v) is 12.5. The Morgan fingerprint density at radius 3 is 2.47 bits per heavy atom. The van der Waals surface area contributed by atoms with Crippen LogP contribution in [0.1, 0.15) is 51.4 Å². The second-order valence-electron chi connectivity index (χ2n) is 13.4. The lowest BCUT2D eigenvalue weighted by molar-refractivity contribution is -0.156. The second kappa shape index (κ2) is 8.39. The average Bonchev–Trinajstić information content (AvgIpc) is 3.62. The van der Waals surface area contributed by atoms with Crippen LogP contribution in [0.3, 0.4) is 0 Å². The van der Waals surface area contributed by atoms with Crippen LogP contribution < -0.4 is 0 Å². The van der Waals surface area contributed by atoms with E-state index in [1.807, 2.05) is 0 Å². The molecule has 1 heterocycles. The van der Waals surface area contributed by atoms with Gasteiger partial charge in [-0.1, -0.05) is 0 Å². The molecule has 6 saturated carbocycles. The van der Waals surface area contributed by atoms with E-state index in [1.165, 1.54) is 6.42 Å². The van der Waals surface area contributed by atoms with Crippen LogP contribution in [0.4, 0.5) is 0 Å². The van der Waals surface area contributed by atoms with E-state index >= 15 is 0 Å². The molecule has 0 aromatic heterocycles. The molecule has 10 nitrogen and oxygen atoms in total. The van der Waals surface area contributed by atoms with Crippen LogP contribution >= 0.6 is 0 Å². The maximum atomic E-state index is 13.2. The van der Waals surface area contributed by atoms with Crippen molar-refractivity contribution in [3.05, 3.63) is 0 Å². The van der Waals surface area contributed by atoms with Gasteiger partial charge in [-0.15, -0.1) is 0 Å². The summed E-state index contributed by atoms with van der Waals surface area (Å²) in [5, 5.41) is 0. The van der Waals surface area contributed by atoms with Gasteiger partial charge in [0.1, 0.15) is 18.5 Å². The standard InChI is InChI=1S/C26H36O10S2/c27-24-17-10-16-20(25(28)35-5-7-38(32,33)34)23(36-24)19(17)22(16)26-4-3-13(11-26)18-15-9-14(21(18)26)8-12(15)2-1-6-37(29,30)31/h12-23H,1-11H2,(H,29,30,31)(H,32,33,34). The van der Waals surface area contributed by atoms with E-state index in [4.69, 9.17) is 18.6 Å². The monoisotopic (exact) mass is 572 g/mol. The molecule has 0 aromatic carbocycles. The number of hydrogen-bond acceptors (Lipinski definition) is 8. The zero-order valence-electron chi connectivity index (χ0n) is 21.2. The predicted octanol–water partition coefficient (Wildman–Crippen LogP) is 2.20. The normalized spacial score (nSPS) is 49.6. The van der Waals surface area contributed by atoms with Crippen LogP contribution in [-0.4, -0.2) is 62.1 Å². The van der Waals surface area contributed by atoms with Crippen molar-refractivity contribution in [3.8, 4) is 0 Å². The van der Waals surface area contributed by atoms with Crippen LogP contribution in [0.15, 0.2) is 0 Å². The third-order valence-electron chi connectivity index (χ3n) is 12.1. The number of esters is 2. The molecule has 7 fully saturated rings. The van der Waals surface area contributed by atoms with Crippen LogP contribution in [0.5, 0.6) is 0 Å². The van der Waals surface area contributed by atoms with Gasteiger partial charge in [0.15, 0.2) is 0 Å². The molecule has 38 heavy (non-hydrogen) atoms. The van der Waals surface area contributed by atoms with E-state index in [9.17, 15) is 26.4 Å². The fourth-order valence-electron chi connectivity index (χ4n) is 11.7. The van der Waals surface area contributed by atoms with Crippen LogP contribution in [0, 0.1) is 70.5 Å². The lowest BCUT2D eigenvalue weighted by Crippen LogP contribution is -2.44. The molecule has 0 spiro atoms. The number of rotatable bonds is 9. The van der Waals surface area contributed by atoms with E-state index in [0.717, 1.165) is 32.1 Å². The van der Waals surface area contributed by atoms with Crippen molar-refractivity contribution >= 4 is 32.2 Å². The molecule has 6 bridgehead atoms. The Labute approximate surface area is 223 Å². The largest absolute Gasteiger partial charge is 0.464 e. The SMILES string of the molecule is O=C1OC2C(C(=O)OCCS(=O)(=O)O)C3CC1C2C3C12CCC(C1)C1C3CC(CC3CCCS(=O)(=O)O)C12. The Kier molecular flexibility index (Phi) is 5.68. The highest BCUT2D eigenvalue weighted by Crippen LogP contribution is 2.80. The number of hydrogen-bond donors (Lipinski definition) is 2. The summed E-state index contributed by atoms with van der Waals surface area (Å²) in [6, 6.07) is 0. The van der Waals surface area contributed by atoms with Gasteiger partial charge < -0.3 is 9.47 Å². The average molecular weight is 573 g/mol. The predicted molar refractivity (Wildman–Crippen MR) is 131 cm³/mol. The minimum Gasteiger partial charge on any atom is -0.464 e. The van der Waals surface area contributed by atoms with Gasteiger partial charge in [0.05, 0.1) is 17.6 Å². The van der Waals surface area contributed by atoms with Crippen molar-refractivity contribution in [2.45, 2.75) is 57.5 Å². The molecule has 7 aliphatic rings. The van der Waals surface area contributed by atoms with Crippen molar-refractivity contribution in [2.24, 2.45) is 70.5 Å². The number of fused-ring (bicyclic) bond motifs is 11. The molecule has 13 unspecified atom stereocenters. The highest BCUT2D eigenvalue weighted by atomic mass is 32.2. The van der Waals surface area contributed by atoms with Crippen molar-refractivity contribution in [1.29, 1.82) is 0 Å². The summed E-state index contributed by atoms with van der Waals surface area (Å²) in [5.74, 6) is 1.42. The van der Waals surface area contributed by atoms with Gasteiger partial charge in [0.25, 0.3) is 20.2 Å². The Hall–Kier alpha value is -1.24. The number of ether oxygens (including phenoxy) is 2. The third kappa shape index (κ3) is 3.68. The van der Waals surface area contributed by atoms with Gasteiger partial charge >= 0.3 is 11.9 Å². The third-order valence-corrected chi connectivity index (χ3v) is 13.6. The van der Waals surface area contributed by atoms with Gasteiger partial charge in [-0.2, -0.15) is 16.8 Å². The topological polar surface area (TPSA) is 161 Å². The molecule has 0 amide bonds. The van der Waals surface area contributed by atoms with E-state index in [0.29, 0.717) is 48.3 Å². The molecule has 212 valence electrons.